The van der Waals surface area contributed by atoms with Crippen molar-refractivity contribution in [1.82, 2.24) is 9.97 Å². The maximum atomic E-state index is 10.00. The Morgan fingerprint density at radius 1 is 1.37 bits per heavy atom. The first-order chi connectivity index (χ1) is 12.7. The molecule has 0 fully saturated rings. The van der Waals surface area contributed by atoms with Gasteiger partial charge in [0.2, 0.25) is 5.95 Å². The topological polar surface area (TPSA) is 95.5 Å². The molecule has 3 rings (SSSR count). The normalized spacial score (nSPS) is 18.8. The van der Waals surface area contributed by atoms with Crippen molar-refractivity contribution in [2.45, 2.75) is 26.2 Å². The van der Waals surface area contributed by atoms with Crippen LogP contribution in [0.5, 0.6) is 0 Å². The number of nitrogens with zero attached hydrogens (tertiary/aromatic N) is 3. The van der Waals surface area contributed by atoms with Crippen molar-refractivity contribution in [3.05, 3.63) is 40.5 Å². The molecular formula is C20H23ClN4O2. The van der Waals surface area contributed by atoms with Gasteiger partial charge >= 0.3 is 0 Å². The van der Waals surface area contributed by atoms with E-state index < -0.39 is 10.8 Å². The molecule has 0 saturated carbocycles. The average Bonchev–Trinajstić information content (AvgIpc) is 2.95. The molecule has 0 amide bonds. The molecule has 2 aromatic rings. The molecule has 6 nitrogen and oxygen atoms in total. The number of rotatable bonds is 3. The zero-order valence-corrected chi connectivity index (χ0v) is 16.4. The lowest BCUT2D eigenvalue weighted by atomic mass is 9.85. The smallest absolute Gasteiger partial charge is 0.222 e. The van der Waals surface area contributed by atoms with Crippen molar-refractivity contribution >= 4 is 29.1 Å². The van der Waals surface area contributed by atoms with Gasteiger partial charge in [-0.15, -0.1) is 0 Å². The van der Waals surface area contributed by atoms with Crippen LogP contribution in [0.25, 0.3) is 0 Å². The summed E-state index contributed by atoms with van der Waals surface area (Å²) in [5, 5.41) is 19.8. The third kappa shape index (κ3) is 3.72. The molecule has 4 N–H and O–H groups in total. The molecule has 1 aromatic heterocycles. The Kier molecular flexibility index (Phi) is 5.04. The minimum atomic E-state index is -0.483. The Hall–Kier alpha value is -2.33. The summed E-state index contributed by atoms with van der Waals surface area (Å²) in [6.07, 6.45) is 1.47. The molecule has 0 radical (unpaired) electrons. The Morgan fingerprint density at radius 3 is 2.78 bits per heavy atom. The summed E-state index contributed by atoms with van der Waals surface area (Å²) in [5.74, 6) is 6.84. The third-order valence-electron chi connectivity index (χ3n) is 4.74. The van der Waals surface area contributed by atoms with E-state index in [0.717, 1.165) is 16.8 Å². The zero-order valence-electron chi connectivity index (χ0n) is 15.6. The van der Waals surface area contributed by atoms with Gasteiger partial charge in [-0.3, -0.25) is 0 Å². The molecule has 0 saturated heterocycles. The van der Waals surface area contributed by atoms with Gasteiger partial charge in [0, 0.05) is 28.6 Å². The molecule has 1 aliphatic heterocycles. The second-order valence-electron chi connectivity index (χ2n) is 7.73. The lowest BCUT2D eigenvalue weighted by molar-refractivity contribution is 0.206. The van der Waals surface area contributed by atoms with Crippen molar-refractivity contribution < 1.29 is 10.2 Å². The highest BCUT2D eigenvalue weighted by Crippen LogP contribution is 2.45. The molecule has 1 aromatic carbocycles. The fourth-order valence-electron chi connectivity index (χ4n) is 3.03. The number of nitrogen functional groups attached to an aromatic ring is 1. The summed E-state index contributed by atoms with van der Waals surface area (Å²) in [6, 6.07) is 5.85. The number of halogens is 1. The molecule has 142 valence electrons. The SMILES string of the molecule is CC(C)(C#Cc1ccc2c(c1)N(c1nc(N)ncc1Cl)C[C@@]2(C)CO)CO. The summed E-state index contributed by atoms with van der Waals surface area (Å²) in [6.45, 7) is 6.23. The highest BCUT2D eigenvalue weighted by molar-refractivity contribution is 6.33. The molecule has 1 aliphatic rings. The van der Waals surface area contributed by atoms with Crippen molar-refractivity contribution in [3.63, 3.8) is 0 Å². The van der Waals surface area contributed by atoms with E-state index in [-0.39, 0.29) is 19.2 Å². The Morgan fingerprint density at radius 2 is 2.11 bits per heavy atom. The van der Waals surface area contributed by atoms with Crippen LogP contribution in [0, 0.1) is 17.3 Å². The van der Waals surface area contributed by atoms with E-state index in [2.05, 4.69) is 21.8 Å². The highest BCUT2D eigenvalue weighted by atomic mass is 35.5. The molecule has 0 bridgehead atoms. The molecule has 1 atom stereocenters. The van der Waals surface area contributed by atoms with Crippen LogP contribution < -0.4 is 10.6 Å². The first kappa shape index (κ1) is 19.4. The predicted octanol–water partition coefficient (Wildman–Crippen LogP) is 2.48. The second kappa shape index (κ2) is 7.01. The molecular weight excluding hydrogens is 364 g/mol. The molecule has 2 heterocycles. The van der Waals surface area contributed by atoms with E-state index in [9.17, 15) is 10.2 Å². The van der Waals surface area contributed by atoms with Crippen LogP contribution in [-0.4, -0.2) is 39.9 Å². The largest absolute Gasteiger partial charge is 0.395 e. The van der Waals surface area contributed by atoms with E-state index >= 15 is 0 Å². The Labute approximate surface area is 164 Å². The maximum Gasteiger partial charge on any atom is 0.222 e. The number of anilines is 3. The second-order valence-corrected chi connectivity index (χ2v) is 8.14. The van der Waals surface area contributed by atoms with Crippen LogP contribution in [0.2, 0.25) is 5.02 Å². The van der Waals surface area contributed by atoms with Crippen molar-refractivity contribution in [2.24, 2.45) is 5.41 Å². The van der Waals surface area contributed by atoms with E-state index in [1.807, 2.05) is 43.9 Å². The number of aliphatic hydroxyl groups excluding tert-OH is 2. The monoisotopic (exact) mass is 386 g/mol. The van der Waals surface area contributed by atoms with Crippen LogP contribution in [0.15, 0.2) is 24.4 Å². The highest BCUT2D eigenvalue weighted by Gasteiger charge is 2.40. The number of aromatic nitrogens is 2. The van der Waals surface area contributed by atoms with Crippen LogP contribution in [-0.2, 0) is 5.41 Å². The quantitative estimate of drug-likeness (QED) is 0.701. The van der Waals surface area contributed by atoms with E-state index in [4.69, 9.17) is 17.3 Å². The molecule has 27 heavy (non-hydrogen) atoms. The van der Waals surface area contributed by atoms with Crippen LogP contribution in [0.1, 0.15) is 31.9 Å². The molecule has 0 unspecified atom stereocenters. The lowest BCUT2D eigenvalue weighted by Gasteiger charge is -2.24. The van der Waals surface area contributed by atoms with Crippen molar-refractivity contribution in [2.75, 3.05) is 30.4 Å². The summed E-state index contributed by atoms with van der Waals surface area (Å²) >= 11 is 6.32. The standard InChI is InChI=1S/C20H23ClN4O2/c1-19(2,11-26)7-6-13-4-5-14-16(8-13)25(10-20(14,3)12-27)17-15(21)9-23-18(22)24-17/h4-5,8-9,26-27H,10-12H2,1-3H3,(H2,22,23,24)/t20-/m0/s1. The van der Waals surface area contributed by atoms with Gasteiger partial charge in [0.25, 0.3) is 0 Å². The predicted molar refractivity (Wildman–Crippen MR) is 107 cm³/mol. The first-order valence-electron chi connectivity index (χ1n) is 8.64. The summed E-state index contributed by atoms with van der Waals surface area (Å²) in [4.78, 5) is 10.1. The van der Waals surface area contributed by atoms with Gasteiger partial charge in [0.05, 0.1) is 19.4 Å². The fourth-order valence-corrected chi connectivity index (χ4v) is 3.22. The Bertz CT molecular complexity index is 935. The van der Waals surface area contributed by atoms with E-state index in [0.29, 0.717) is 17.4 Å². The van der Waals surface area contributed by atoms with Gasteiger partial charge in [-0.1, -0.05) is 36.4 Å². The van der Waals surface area contributed by atoms with Gasteiger partial charge in [0.1, 0.15) is 5.02 Å². The minimum absolute atomic E-state index is 0.0166. The number of hydrogen-bond donors (Lipinski definition) is 3. The van der Waals surface area contributed by atoms with Gasteiger partial charge in [-0.2, -0.15) is 4.98 Å². The first-order valence-corrected chi connectivity index (χ1v) is 9.02. The van der Waals surface area contributed by atoms with Gasteiger partial charge < -0.3 is 20.8 Å². The summed E-state index contributed by atoms with van der Waals surface area (Å²) in [7, 11) is 0. The number of nitrogens with two attached hydrogens (primary N) is 1. The average molecular weight is 387 g/mol. The molecule has 0 spiro atoms. The number of fused-ring (bicyclic) bond motifs is 1. The summed E-state index contributed by atoms with van der Waals surface area (Å²) in [5.41, 5.74) is 7.48. The fraction of sp³-hybridized carbons (Fsp3) is 0.400. The molecule has 7 heteroatoms. The molecule has 0 aliphatic carbocycles. The van der Waals surface area contributed by atoms with Crippen molar-refractivity contribution in [3.8, 4) is 11.8 Å². The number of benzene rings is 1. The van der Waals surface area contributed by atoms with Crippen molar-refractivity contribution in [1.29, 1.82) is 0 Å². The maximum absolute atomic E-state index is 10.00. The van der Waals surface area contributed by atoms with E-state index in [1.165, 1.54) is 6.20 Å². The van der Waals surface area contributed by atoms with Gasteiger partial charge in [-0.25, -0.2) is 4.98 Å². The minimum Gasteiger partial charge on any atom is -0.395 e. The summed E-state index contributed by atoms with van der Waals surface area (Å²) < 4.78 is 0. The third-order valence-corrected chi connectivity index (χ3v) is 5.00. The lowest BCUT2D eigenvalue weighted by Crippen LogP contribution is -2.32. The Balaban J connectivity index is 2.11. The van der Waals surface area contributed by atoms with Crippen LogP contribution in [0.3, 0.4) is 0 Å². The number of aliphatic hydroxyl groups is 2. The zero-order chi connectivity index (χ0) is 19.8. The van der Waals surface area contributed by atoms with E-state index in [1.54, 1.807) is 0 Å². The van der Waals surface area contributed by atoms with Gasteiger partial charge in [0.15, 0.2) is 5.82 Å². The van der Waals surface area contributed by atoms with Crippen LogP contribution >= 0.6 is 11.6 Å². The van der Waals surface area contributed by atoms with Gasteiger partial charge in [-0.05, 0) is 31.5 Å². The van der Waals surface area contributed by atoms with Crippen LogP contribution in [0.4, 0.5) is 17.5 Å². The number of hydrogen-bond acceptors (Lipinski definition) is 6.